The van der Waals surface area contributed by atoms with Crippen molar-refractivity contribution in [2.75, 3.05) is 20.2 Å². The maximum absolute atomic E-state index is 5.49. The van der Waals surface area contributed by atoms with Gasteiger partial charge in [0.25, 0.3) is 0 Å². The van der Waals surface area contributed by atoms with Crippen LogP contribution < -0.4 is 10.6 Å². The number of nitrogens with one attached hydrogen (secondary N) is 2. The zero-order chi connectivity index (χ0) is 14.1. The second-order valence-corrected chi connectivity index (χ2v) is 5.65. The predicted molar refractivity (Wildman–Crippen MR) is 98.4 cm³/mol. The lowest BCUT2D eigenvalue weighted by atomic mass is 10.3. The normalized spacial score (nSPS) is 11.3. The highest BCUT2D eigenvalue weighted by Crippen LogP contribution is 2.14. The van der Waals surface area contributed by atoms with Gasteiger partial charge in [0.15, 0.2) is 5.96 Å². The summed E-state index contributed by atoms with van der Waals surface area (Å²) >= 11 is 1.77. The summed E-state index contributed by atoms with van der Waals surface area (Å²) < 4.78 is 5.49. The molecule has 0 fully saturated rings. The highest BCUT2D eigenvalue weighted by molar-refractivity contribution is 14.0. The largest absolute Gasteiger partial charge is 0.379 e. The van der Waals surface area contributed by atoms with Gasteiger partial charge in [0.1, 0.15) is 0 Å². The lowest BCUT2D eigenvalue weighted by Crippen LogP contribution is -2.37. The van der Waals surface area contributed by atoms with Gasteiger partial charge in [-0.05, 0) is 44.2 Å². The van der Waals surface area contributed by atoms with Crippen LogP contribution in [0.4, 0.5) is 0 Å². The van der Waals surface area contributed by atoms with Gasteiger partial charge in [-0.15, -0.1) is 35.3 Å². The molecule has 0 aliphatic rings. The summed E-state index contributed by atoms with van der Waals surface area (Å²) in [5, 5.41) is 8.73. The van der Waals surface area contributed by atoms with Crippen LogP contribution in [-0.4, -0.2) is 32.3 Å². The molecule has 0 atom stereocenters. The van der Waals surface area contributed by atoms with Gasteiger partial charge < -0.3 is 15.4 Å². The second-order valence-electron chi connectivity index (χ2n) is 4.65. The average molecular weight is 411 g/mol. The van der Waals surface area contributed by atoms with Crippen molar-refractivity contribution in [1.29, 1.82) is 0 Å². The fourth-order valence-corrected chi connectivity index (χ4v) is 2.41. The first-order valence-electron chi connectivity index (χ1n) is 6.72. The molecule has 0 saturated carbocycles. The molecular weight excluding hydrogens is 385 g/mol. The van der Waals surface area contributed by atoms with Crippen molar-refractivity contribution in [3.63, 3.8) is 0 Å². The zero-order valence-electron chi connectivity index (χ0n) is 12.7. The van der Waals surface area contributed by atoms with E-state index in [4.69, 9.17) is 4.74 Å². The molecular formula is C14H26IN3OS. The highest BCUT2D eigenvalue weighted by Gasteiger charge is 2.01. The van der Waals surface area contributed by atoms with E-state index in [1.165, 1.54) is 10.4 Å². The van der Waals surface area contributed by atoms with E-state index in [1.54, 1.807) is 18.4 Å². The van der Waals surface area contributed by atoms with Crippen LogP contribution in [0.15, 0.2) is 16.4 Å². The smallest absolute Gasteiger partial charge is 0.191 e. The second kappa shape index (κ2) is 11.3. The molecule has 1 heterocycles. The molecule has 0 aliphatic carbocycles. The predicted octanol–water partition coefficient (Wildman–Crippen LogP) is 3.15. The molecule has 0 radical (unpaired) electrons. The van der Waals surface area contributed by atoms with E-state index in [0.29, 0.717) is 6.10 Å². The van der Waals surface area contributed by atoms with E-state index in [1.807, 2.05) is 0 Å². The third-order valence-corrected chi connectivity index (χ3v) is 3.70. The minimum atomic E-state index is 0. The van der Waals surface area contributed by atoms with Crippen molar-refractivity contribution in [2.24, 2.45) is 4.99 Å². The lowest BCUT2D eigenvalue weighted by Gasteiger charge is -2.12. The van der Waals surface area contributed by atoms with Crippen molar-refractivity contribution in [2.45, 2.75) is 39.8 Å². The molecule has 0 unspecified atom stereocenters. The number of halogens is 1. The third-order valence-electron chi connectivity index (χ3n) is 2.67. The SMILES string of the molecule is CN=C(NCCCOC(C)C)NCc1sccc1C.I. The summed E-state index contributed by atoms with van der Waals surface area (Å²) in [5.41, 5.74) is 1.33. The summed E-state index contributed by atoms with van der Waals surface area (Å²) in [7, 11) is 1.79. The summed E-state index contributed by atoms with van der Waals surface area (Å²) in [4.78, 5) is 5.56. The molecule has 2 N–H and O–H groups in total. The number of hydrogen-bond donors (Lipinski definition) is 2. The lowest BCUT2D eigenvalue weighted by molar-refractivity contribution is 0.0776. The van der Waals surface area contributed by atoms with Crippen molar-refractivity contribution in [3.05, 3.63) is 21.9 Å². The molecule has 0 aromatic carbocycles. The molecule has 0 spiro atoms. The summed E-state index contributed by atoms with van der Waals surface area (Å²) in [6, 6.07) is 2.14. The first kappa shape index (κ1) is 19.7. The van der Waals surface area contributed by atoms with Gasteiger partial charge >= 0.3 is 0 Å². The Morgan fingerprint density at radius 2 is 2.15 bits per heavy atom. The summed E-state index contributed by atoms with van der Waals surface area (Å²) in [6.45, 7) is 8.72. The van der Waals surface area contributed by atoms with Crippen LogP contribution >= 0.6 is 35.3 Å². The molecule has 0 bridgehead atoms. The van der Waals surface area contributed by atoms with E-state index in [9.17, 15) is 0 Å². The van der Waals surface area contributed by atoms with Crippen LogP contribution in [0.5, 0.6) is 0 Å². The maximum Gasteiger partial charge on any atom is 0.191 e. The monoisotopic (exact) mass is 411 g/mol. The Balaban J connectivity index is 0.00000361. The number of thiophene rings is 1. The minimum Gasteiger partial charge on any atom is -0.379 e. The molecule has 20 heavy (non-hydrogen) atoms. The van der Waals surface area contributed by atoms with Gasteiger partial charge in [-0.3, -0.25) is 4.99 Å². The minimum absolute atomic E-state index is 0. The number of guanidine groups is 1. The van der Waals surface area contributed by atoms with Crippen molar-refractivity contribution in [1.82, 2.24) is 10.6 Å². The van der Waals surface area contributed by atoms with Gasteiger partial charge in [-0.1, -0.05) is 0 Å². The molecule has 0 saturated heterocycles. The van der Waals surface area contributed by atoms with Crippen LogP contribution in [0, 0.1) is 6.92 Å². The molecule has 1 rings (SSSR count). The van der Waals surface area contributed by atoms with E-state index >= 15 is 0 Å². The van der Waals surface area contributed by atoms with Gasteiger partial charge in [-0.2, -0.15) is 0 Å². The Bertz CT molecular complexity index is 394. The Morgan fingerprint density at radius 3 is 2.70 bits per heavy atom. The van der Waals surface area contributed by atoms with Crippen LogP contribution in [0.1, 0.15) is 30.7 Å². The van der Waals surface area contributed by atoms with Gasteiger partial charge in [0.05, 0.1) is 12.6 Å². The molecule has 116 valence electrons. The Labute approximate surface area is 143 Å². The number of aliphatic imine (C=N–C) groups is 1. The zero-order valence-corrected chi connectivity index (χ0v) is 15.9. The quantitative estimate of drug-likeness (QED) is 0.314. The molecule has 1 aromatic rings. The Kier molecular flexibility index (Phi) is 11.1. The van der Waals surface area contributed by atoms with Crippen molar-refractivity contribution in [3.8, 4) is 0 Å². The fourth-order valence-electron chi connectivity index (χ4n) is 1.57. The van der Waals surface area contributed by atoms with Crippen LogP contribution in [0.25, 0.3) is 0 Å². The average Bonchev–Trinajstić information content (AvgIpc) is 2.78. The third kappa shape index (κ3) is 8.06. The Morgan fingerprint density at radius 1 is 1.40 bits per heavy atom. The van der Waals surface area contributed by atoms with Crippen LogP contribution in [0.3, 0.4) is 0 Å². The van der Waals surface area contributed by atoms with Gasteiger partial charge in [-0.25, -0.2) is 0 Å². The maximum atomic E-state index is 5.49. The standard InChI is InChI=1S/C14H25N3OS.HI/c1-11(2)18-8-5-7-16-14(15-4)17-10-13-12(3)6-9-19-13;/h6,9,11H,5,7-8,10H2,1-4H3,(H2,15,16,17);1H. The summed E-state index contributed by atoms with van der Waals surface area (Å²) in [5.74, 6) is 0.845. The number of hydrogen-bond acceptors (Lipinski definition) is 3. The number of rotatable bonds is 7. The Hall–Kier alpha value is -0.340. The molecule has 6 heteroatoms. The molecule has 0 aliphatic heterocycles. The fraction of sp³-hybridized carbons (Fsp3) is 0.643. The van der Waals surface area contributed by atoms with E-state index in [0.717, 1.165) is 32.1 Å². The van der Waals surface area contributed by atoms with Crippen LogP contribution in [0.2, 0.25) is 0 Å². The molecule has 4 nitrogen and oxygen atoms in total. The number of nitrogens with zero attached hydrogens (tertiary/aromatic N) is 1. The topological polar surface area (TPSA) is 45.7 Å². The van der Waals surface area contributed by atoms with Crippen molar-refractivity contribution >= 4 is 41.3 Å². The van der Waals surface area contributed by atoms with E-state index in [-0.39, 0.29) is 24.0 Å². The van der Waals surface area contributed by atoms with E-state index < -0.39 is 0 Å². The summed E-state index contributed by atoms with van der Waals surface area (Å²) in [6.07, 6.45) is 1.29. The first-order valence-corrected chi connectivity index (χ1v) is 7.60. The number of ether oxygens (including phenoxy) is 1. The first-order chi connectivity index (χ1) is 9.13. The van der Waals surface area contributed by atoms with E-state index in [2.05, 4.69) is 47.8 Å². The van der Waals surface area contributed by atoms with Gasteiger partial charge in [0, 0.05) is 25.1 Å². The van der Waals surface area contributed by atoms with Crippen molar-refractivity contribution < 1.29 is 4.74 Å². The van der Waals surface area contributed by atoms with Gasteiger partial charge in [0.2, 0.25) is 0 Å². The molecule has 1 aromatic heterocycles. The van der Waals surface area contributed by atoms with Crippen LogP contribution in [-0.2, 0) is 11.3 Å². The number of aryl methyl sites for hydroxylation is 1. The molecule has 0 amide bonds. The highest BCUT2D eigenvalue weighted by atomic mass is 127.